The molecule has 0 amide bonds. The van der Waals surface area contributed by atoms with E-state index in [0.29, 0.717) is 0 Å². The van der Waals surface area contributed by atoms with Gasteiger partial charge in [-0.3, -0.25) is 0 Å². The number of nitrogens with zero attached hydrogens (tertiary/aromatic N) is 4. The molecule has 4 nitrogen and oxygen atoms in total. The molecule has 0 bridgehead atoms. The number of aromatic nitrogens is 1. The second-order valence-electron chi connectivity index (χ2n) is 6.16. The van der Waals surface area contributed by atoms with E-state index in [9.17, 15) is 0 Å². The summed E-state index contributed by atoms with van der Waals surface area (Å²) in [6.45, 7) is 0. The Balaban J connectivity index is 2.04. The highest BCUT2D eigenvalue weighted by Gasteiger charge is 2.10. The molecule has 1 heterocycles. The number of rotatable bonds is 5. The summed E-state index contributed by atoms with van der Waals surface area (Å²) in [5, 5.41) is 2.71. The second-order valence-corrected chi connectivity index (χ2v) is 7.03. The SMILES string of the molecule is CN(C)c1ccc(C(=Nc2nccs2)c2ccc(N(C)C)cc2)cc1. The molecule has 0 unspecified atom stereocenters. The Morgan fingerprint density at radius 3 is 1.64 bits per heavy atom. The van der Waals surface area contributed by atoms with E-state index < -0.39 is 0 Å². The van der Waals surface area contributed by atoms with E-state index >= 15 is 0 Å². The standard InChI is InChI=1S/C20H22N4S/c1-23(2)17-9-5-15(6-10-17)19(22-20-21-13-14-25-20)16-7-11-18(12-8-16)24(3)4/h5-14H,1-4H3. The van der Waals surface area contributed by atoms with Gasteiger partial charge in [0, 0.05) is 62.3 Å². The van der Waals surface area contributed by atoms with Crippen LogP contribution in [0.1, 0.15) is 11.1 Å². The number of anilines is 2. The lowest BCUT2D eigenvalue weighted by atomic mass is 10.0. The Morgan fingerprint density at radius 2 is 1.28 bits per heavy atom. The summed E-state index contributed by atoms with van der Waals surface area (Å²) in [6, 6.07) is 16.9. The van der Waals surface area contributed by atoms with Gasteiger partial charge in [0.1, 0.15) is 0 Å². The summed E-state index contributed by atoms with van der Waals surface area (Å²) in [7, 11) is 8.16. The first-order valence-electron chi connectivity index (χ1n) is 8.08. The normalized spacial score (nSPS) is 10.4. The van der Waals surface area contributed by atoms with E-state index in [1.54, 1.807) is 17.5 Å². The van der Waals surface area contributed by atoms with Crippen molar-refractivity contribution in [2.45, 2.75) is 0 Å². The number of hydrogen-bond acceptors (Lipinski definition) is 5. The highest BCUT2D eigenvalue weighted by Crippen LogP contribution is 2.23. The third kappa shape index (κ3) is 4.06. The van der Waals surface area contributed by atoms with E-state index in [1.807, 2.05) is 33.6 Å². The van der Waals surface area contributed by atoms with Gasteiger partial charge in [-0.05, 0) is 24.3 Å². The zero-order valence-electron chi connectivity index (χ0n) is 15.0. The van der Waals surface area contributed by atoms with Gasteiger partial charge in [-0.2, -0.15) is 0 Å². The molecule has 25 heavy (non-hydrogen) atoms. The molecule has 128 valence electrons. The van der Waals surface area contributed by atoms with Crippen molar-refractivity contribution in [3.05, 3.63) is 71.2 Å². The molecule has 0 saturated carbocycles. The van der Waals surface area contributed by atoms with Gasteiger partial charge in [0.25, 0.3) is 0 Å². The van der Waals surface area contributed by atoms with Crippen LogP contribution in [0.2, 0.25) is 0 Å². The maximum absolute atomic E-state index is 4.80. The van der Waals surface area contributed by atoms with Crippen molar-refractivity contribution in [3.63, 3.8) is 0 Å². The predicted molar refractivity (Wildman–Crippen MR) is 109 cm³/mol. The van der Waals surface area contributed by atoms with Crippen LogP contribution in [0.4, 0.5) is 16.5 Å². The van der Waals surface area contributed by atoms with Crippen LogP contribution < -0.4 is 9.80 Å². The second kappa shape index (κ2) is 7.49. The number of hydrogen-bond donors (Lipinski definition) is 0. The molecule has 0 saturated heterocycles. The molecule has 0 aliphatic carbocycles. The van der Waals surface area contributed by atoms with Crippen LogP contribution in [-0.4, -0.2) is 38.9 Å². The average molecular weight is 350 g/mol. The molecule has 1 aromatic heterocycles. The van der Waals surface area contributed by atoms with Crippen molar-refractivity contribution in [2.75, 3.05) is 38.0 Å². The molecule has 3 aromatic rings. The van der Waals surface area contributed by atoms with Gasteiger partial charge in [0.05, 0.1) is 5.71 Å². The largest absolute Gasteiger partial charge is 0.378 e. The van der Waals surface area contributed by atoms with E-state index in [-0.39, 0.29) is 0 Å². The van der Waals surface area contributed by atoms with Gasteiger partial charge in [0.2, 0.25) is 5.13 Å². The number of aliphatic imine (C=N–C) groups is 1. The maximum atomic E-state index is 4.80. The van der Waals surface area contributed by atoms with Crippen molar-refractivity contribution >= 4 is 33.6 Å². The van der Waals surface area contributed by atoms with Crippen LogP contribution >= 0.6 is 11.3 Å². The first-order chi connectivity index (χ1) is 12.0. The van der Waals surface area contributed by atoms with Gasteiger partial charge in [-0.1, -0.05) is 24.3 Å². The number of thiazole rings is 1. The van der Waals surface area contributed by atoms with E-state index in [1.165, 1.54) is 11.4 Å². The quantitative estimate of drug-likeness (QED) is 0.637. The summed E-state index contributed by atoms with van der Waals surface area (Å²) in [4.78, 5) is 13.3. The third-order valence-electron chi connectivity index (χ3n) is 3.94. The lowest BCUT2D eigenvalue weighted by molar-refractivity contribution is 1.13. The maximum Gasteiger partial charge on any atom is 0.209 e. The van der Waals surface area contributed by atoms with Crippen molar-refractivity contribution in [1.82, 2.24) is 4.98 Å². The van der Waals surface area contributed by atoms with Gasteiger partial charge in [-0.25, -0.2) is 9.98 Å². The van der Waals surface area contributed by atoms with Crippen molar-refractivity contribution in [3.8, 4) is 0 Å². The fourth-order valence-corrected chi connectivity index (χ4v) is 3.01. The summed E-state index contributed by atoms with van der Waals surface area (Å²) in [6.07, 6.45) is 1.78. The van der Waals surface area contributed by atoms with Gasteiger partial charge in [-0.15, -0.1) is 11.3 Å². The summed E-state index contributed by atoms with van der Waals surface area (Å²) < 4.78 is 0. The fourth-order valence-electron chi connectivity index (χ4n) is 2.50. The zero-order valence-corrected chi connectivity index (χ0v) is 15.8. The minimum atomic E-state index is 0.767. The summed E-state index contributed by atoms with van der Waals surface area (Å²) in [5.41, 5.74) is 5.43. The van der Waals surface area contributed by atoms with E-state index in [2.05, 4.69) is 63.3 Å². The Morgan fingerprint density at radius 1 is 0.800 bits per heavy atom. The lowest BCUT2D eigenvalue weighted by Crippen LogP contribution is -2.10. The predicted octanol–water partition coefficient (Wildman–Crippen LogP) is 4.44. The molecule has 0 N–H and O–H groups in total. The summed E-state index contributed by atoms with van der Waals surface area (Å²) >= 11 is 1.54. The molecular weight excluding hydrogens is 328 g/mol. The van der Waals surface area contributed by atoms with Crippen LogP contribution in [0.25, 0.3) is 0 Å². The molecule has 3 rings (SSSR count). The van der Waals surface area contributed by atoms with E-state index in [0.717, 1.165) is 22.0 Å². The molecule has 0 radical (unpaired) electrons. The smallest absolute Gasteiger partial charge is 0.209 e. The Hall–Kier alpha value is -2.66. The van der Waals surface area contributed by atoms with Gasteiger partial charge in [0.15, 0.2) is 0 Å². The van der Waals surface area contributed by atoms with Crippen LogP contribution in [0.5, 0.6) is 0 Å². The minimum Gasteiger partial charge on any atom is -0.378 e. The highest BCUT2D eigenvalue weighted by atomic mass is 32.1. The molecule has 0 atom stereocenters. The van der Waals surface area contributed by atoms with Crippen LogP contribution in [0.3, 0.4) is 0 Å². The Labute approximate surface area is 153 Å². The lowest BCUT2D eigenvalue weighted by Gasteiger charge is -2.15. The first-order valence-corrected chi connectivity index (χ1v) is 8.96. The fraction of sp³-hybridized carbons (Fsp3) is 0.200. The molecule has 0 fully saturated rings. The third-order valence-corrected chi connectivity index (χ3v) is 4.61. The number of benzene rings is 2. The van der Waals surface area contributed by atoms with Gasteiger partial charge < -0.3 is 9.80 Å². The molecule has 5 heteroatoms. The zero-order chi connectivity index (χ0) is 17.8. The van der Waals surface area contributed by atoms with Crippen molar-refractivity contribution < 1.29 is 0 Å². The van der Waals surface area contributed by atoms with Crippen LogP contribution in [-0.2, 0) is 0 Å². The van der Waals surface area contributed by atoms with E-state index in [4.69, 9.17) is 4.99 Å². The van der Waals surface area contributed by atoms with Crippen LogP contribution in [0.15, 0.2) is 65.1 Å². The topological polar surface area (TPSA) is 31.7 Å². The molecule has 2 aromatic carbocycles. The average Bonchev–Trinajstić information content (AvgIpc) is 3.13. The van der Waals surface area contributed by atoms with Crippen molar-refractivity contribution in [2.24, 2.45) is 4.99 Å². The molecule has 0 aliphatic rings. The molecule has 0 aliphatic heterocycles. The molecular formula is C20H22N4S. The summed E-state index contributed by atoms with van der Waals surface area (Å²) in [5.74, 6) is 0. The Bertz CT molecular complexity index is 779. The van der Waals surface area contributed by atoms with Crippen LogP contribution in [0, 0.1) is 0 Å². The first kappa shape index (κ1) is 17.2. The monoisotopic (exact) mass is 350 g/mol. The minimum absolute atomic E-state index is 0.767. The molecule has 0 spiro atoms. The Kier molecular flexibility index (Phi) is 5.14. The highest BCUT2D eigenvalue weighted by molar-refractivity contribution is 7.13. The van der Waals surface area contributed by atoms with Crippen molar-refractivity contribution in [1.29, 1.82) is 0 Å². The van der Waals surface area contributed by atoms with Gasteiger partial charge >= 0.3 is 0 Å².